The molecule has 0 radical (unpaired) electrons. The van der Waals surface area contributed by atoms with Gasteiger partial charge in [0.1, 0.15) is 0 Å². The minimum Gasteiger partial charge on any atom is -0.393 e. The Morgan fingerprint density at radius 1 is 1.33 bits per heavy atom. The van der Waals surface area contributed by atoms with E-state index in [4.69, 9.17) is 0 Å². The molecule has 24 heavy (non-hydrogen) atoms. The maximum absolute atomic E-state index is 9.41. The van der Waals surface area contributed by atoms with Crippen molar-refractivity contribution in [3.8, 4) is 0 Å². The van der Waals surface area contributed by atoms with Crippen LogP contribution in [0.2, 0.25) is 0 Å². The molecule has 0 bridgehead atoms. The lowest BCUT2D eigenvalue weighted by molar-refractivity contribution is -0.0539. The minimum atomic E-state index is -0.184. The maximum Gasteiger partial charge on any atom is 0.0515 e. The molecule has 0 heterocycles. The van der Waals surface area contributed by atoms with Crippen molar-refractivity contribution >= 4 is 0 Å². The lowest BCUT2D eigenvalue weighted by Crippen LogP contribution is -2.49. The number of fused-ring (bicyclic) bond motifs is 1. The first kappa shape index (κ1) is 19.8. The fourth-order valence-corrected chi connectivity index (χ4v) is 5.85. The first-order valence-corrected chi connectivity index (χ1v) is 10.2. The second-order valence-corrected chi connectivity index (χ2v) is 9.67. The normalized spacial score (nSPS) is 34.8. The van der Waals surface area contributed by atoms with Gasteiger partial charge in [0.05, 0.1) is 6.10 Å². The molecule has 0 aromatic carbocycles. The summed E-state index contributed by atoms with van der Waals surface area (Å²) in [5.41, 5.74) is 3.96. The van der Waals surface area contributed by atoms with Gasteiger partial charge in [0.2, 0.25) is 0 Å². The van der Waals surface area contributed by atoms with Gasteiger partial charge in [-0.25, -0.2) is 0 Å². The van der Waals surface area contributed by atoms with Crippen molar-refractivity contribution in [3.63, 3.8) is 0 Å². The van der Waals surface area contributed by atoms with Crippen LogP contribution in [-0.4, -0.2) is 11.2 Å². The van der Waals surface area contributed by atoms with Crippen LogP contribution in [0.4, 0.5) is 0 Å². The molecule has 0 aliphatic heterocycles. The predicted octanol–water partition coefficient (Wildman–Crippen LogP) is 6.67. The van der Waals surface area contributed by atoms with Crippen LogP contribution >= 0.6 is 0 Å². The molecule has 1 N–H and O–H groups in total. The van der Waals surface area contributed by atoms with E-state index in [0.717, 1.165) is 18.8 Å². The van der Waals surface area contributed by atoms with Gasteiger partial charge in [-0.15, -0.1) is 0 Å². The predicted molar refractivity (Wildman–Crippen MR) is 105 cm³/mol. The van der Waals surface area contributed by atoms with Gasteiger partial charge in [-0.2, -0.15) is 0 Å². The Bertz CT molecular complexity index is 470. The van der Waals surface area contributed by atoms with Crippen LogP contribution < -0.4 is 0 Å². The quantitative estimate of drug-likeness (QED) is 0.538. The van der Waals surface area contributed by atoms with Gasteiger partial charge in [0.25, 0.3) is 0 Å². The standard InChI is InChI=1S/C23H40O/c1-17(9-7-10-19(3)24)11-13-20-18(2)12-14-21-22(4,5)15-8-16-23(20,21)6/h9,19-21,24H,2,7-8,10-16H2,1,3-6H3/b17-9+/t19-,20+,21-,23-/m0/s1. The summed E-state index contributed by atoms with van der Waals surface area (Å²) in [7, 11) is 0. The largest absolute Gasteiger partial charge is 0.393 e. The molecule has 0 aromatic rings. The molecule has 0 amide bonds. The Labute approximate surface area is 150 Å². The molecule has 1 nitrogen and oxygen atoms in total. The molecule has 0 saturated heterocycles. The van der Waals surface area contributed by atoms with Gasteiger partial charge < -0.3 is 5.11 Å². The van der Waals surface area contributed by atoms with Crippen LogP contribution in [0.5, 0.6) is 0 Å². The van der Waals surface area contributed by atoms with Crippen molar-refractivity contribution in [2.24, 2.45) is 22.7 Å². The van der Waals surface area contributed by atoms with Crippen molar-refractivity contribution < 1.29 is 5.11 Å². The summed E-state index contributed by atoms with van der Waals surface area (Å²) in [5.74, 6) is 1.55. The van der Waals surface area contributed by atoms with E-state index in [1.54, 1.807) is 0 Å². The zero-order valence-corrected chi connectivity index (χ0v) is 16.8. The third-order valence-electron chi connectivity index (χ3n) is 7.22. The second-order valence-electron chi connectivity index (χ2n) is 9.67. The zero-order valence-electron chi connectivity index (χ0n) is 16.8. The van der Waals surface area contributed by atoms with Crippen LogP contribution in [0.25, 0.3) is 0 Å². The summed E-state index contributed by atoms with van der Waals surface area (Å²) in [6.45, 7) is 16.2. The van der Waals surface area contributed by atoms with Crippen molar-refractivity contribution in [1.29, 1.82) is 0 Å². The van der Waals surface area contributed by atoms with Crippen molar-refractivity contribution in [3.05, 3.63) is 23.8 Å². The van der Waals surface area contributed by atoms with E-state index in [9.17, 15) is 5.11 Å². The molecule has 2 aliphatic rings. The molecular formula is C23H40O. The van der Waals surface area contributed by atoms with Crippen molar-refractivity contribution in [2.75, 3.05) is 0 Å². The number of allylic oxidation sites excluding steroid dienone is 3. The number of rotatable bonds is 6. The van der Waals surface area contributed by atoms with Gasteiger partial charge >= 0.3 is 0 Å². The molecule has 2 saturated carbocycles. The summed E-state index contributed by atoms with van der Waals surface area (Å²) in [4.78, 5) is 0. The molecule has 2 aliphatic carbocycles. The van der Waals surface area contributed by atoms with Gasteiger partial charge in [-0.1, -0.05) is 51.0 Å². The molecule has 1 heteroatoms. The molecule has 4 atom stereocenters. The molecule has 2 fully saturated rings. The van der Waals surface area contributed by atoms with Gasteiger partial charge in [-0.3, -0.25) is 0 Å². The van der Waals surface area contributed by atoms with Gasteiger partial charge in [0, 0.05) is 0 Å². The van der Waals surface area contributed by atoms with Crippen LogP contribution in [-0.2, 0) is 0 Å². The highest BCUT2D eigenvalue weighted by molar-refractivity contribution is 5.16. The zero-order chi connectivity index (χ0) is 18.0. The summed E-state index contributed by atoms with van der Waals surface area (Å²) in [6, 6.07) is 0. The Hall–Kier alpha value is -0.560. The first-order chi connectivity index (χ1) is 11.2. The van der Waals surface area contributed by atoms with Crippen LogP contribution in [0, 0.1) is 22.7 Å². The summed E-state index contributed by atoms with van der Waals surface area (Å²) >= 11 is 0. The van der Waals surface area contributed by atoms with E-state index >= 15 is 0 Å². The SMILES string of the molecule is C=C1CC[C@H]2C(C)(C)CCC[C@@]2(C)[C@@H]1CC/C(C)=C/CC[C@H](C)O. The fourth-order valence-electron chi connectivity index (χ4n) is 5.85. The highest BCUT2D eigenvalue weighted by atomic mass is 16.3. The van der Waals surface area contributed by atoms with E-state index in [2.05, 4.69) is 40.3 Å². The summed E-state index contributed by atoms with van der Waals surface area (Å²) in [6.07, 6.45) is 13.2. The summed E-state index contributed by atoms with van der Waals surface area (Å²) < 4.78 is 0. The Balaban J connectivity index is 2.03. The van der Waals surface area contributed by atoms with Gasteiger partial charge in [-0.05, 0) is 87.9 Å². The molecule has 138 valence electrons. The maximum atomic E-state index is 9.41. The molecule has 2 rings (SSSR count). The topological polar surface area (TPSA) is 20.2 Å². The average Bonchev–Trinajstić information content (AvgIpc) is 2.45. The Kier molecular flexibility index (Phi) is 6.40. The molecule has 0 spiro atoms. The number of aliphatic hydroxyl groups excluding tert-OH is 1. The van der Waals surface area contributed by atoms with Gasteiger partial charge in [0.15, 0.2) is 0 Å². The summed E-state index contributed by atoms with van der Waals surface area (Å²) in [5, 5.41) is 9.41. The lowest BCUT2D eigenvalue weighted by atomic mass is 9.47. The van der Waals surface area contributed by atoms with E-state index in [1.807, 2.05) is 6.92 Å². The first-order valence-electron chi connectivity index (χ1n) is 10.2. The minimum absolute atomic E-state index is 0.184. The van der Waals surface area contributed by atoms with E-state index < -0.39 is 0 Å². The monoisotopic (exact) mass is 332 g/mol. The van der Waals surface area contributed by atoms with Crippen molar-refractivity contribution in [1.82, 2.24) is 0 Å². The van der Waals surface area contributed by atoms with Crippen molar-refractivity contribution in [2.45, 2.75) is 98.5 Å². The van der Waals surface area contributed by atoms with E-state index in [0.29, 0.717) is 16.7 Å². The van der Waals surface area contributed by atoms with Crippen LogP contribution in [0.3, 0.4) is 0 Å². The van der Waals surface area contributed by atoms with Crippen LogP contribution in [0.1, 0.15) is 92.4 Å². The molecular weight excluding hydrogens is 292 g/mol. The molecule has 0 unspecified atom stereocenters. The third kappa shape index (κ3) is 4.34. The Morgan fingerprint density at radius 2 is 2.04 bits per heavy atom. The number of hydrogen-bond donors (Lipinski definition) is 1. The smallest absolute Gasteiger partial charge is 0.0515 e. The van der Waals surface area contributed by atoms with E-state index in [1.165, 1.54) is 56.1 Å². The fraction of sp³-hybridized carbons (Fsp3) is 0.826. The average molecular weight is 333 g/mol. The number of aliphatic hydroxyl groups is 1. The Morgan fingerprint density at radius 3 is 2.71 bits per heavy atom. The highest BCUT2D eigenvalue weighted by Gasteiger charge is 2.52. The number of hydrogen-bond acceptors (Lipinski definition) is 1. The second kappa shape index (κ2) is 7.77. The lowest BCUT2D eigenvalue weighted by Gasteiger charge is -2.58. The highest BCUT2D eigenvalue weighted by Crippen LogP contribution is 2.61. The van der Waals surface area contributed by atoms with E-state index in [-0.39, 0.29) is 6.10 Å². The molecule has 0 aromatic heterocycles. The third-order valence-corrected chi connectivity index (χ3v) is 7.22. The van der Waals surface area contributed by atoms with Crippen LogP contribution in [0.15, 0.2) is 23.8 Å².